The third kappa shape index (κ3) is 4.91. The van der Waals surface area contributed by atoms with E-state index >= 15 is 0 Å². The van der Waals surface area contributed by atoms with Crippen molar-refractivity contribution < 1.29 is 18.3 Å². The Balaban J connectivity index is 1.64. The SMILES string of the molecule is Cc1sc2nc(SC(C)C(=O)Nc3ccccc3OC(F)F)n(C3CCCC3)c(=O)c2c1C. The Kier molecular flexibility index (Phi) is 7.04. The minimum absolute atomic E-state index is 0.0560. The summed E-state index contributed by atoms with van der Waals surface area (Å²) in [6.07, 6.45) is 3.92. The fourth-order valence-electron chi connectivity index (χ4n) is 4.07. The van der Waals surface area contributed by atoms with Crippen LogP contribution in [0, 0.1) is 13.8 Å². The fraction of sp³-hybridized carbons (Fsp3) is 0.435. The number of aryl methyl sites for hydroxylation is 2. The zero-order valence-corrected chi connectivity index (χ0v) is 20.2. The van der Waals surface area contributed by atoms with Gasteiger partial charge in [-0.2, -0.15) is 8.78 Å². The van der Waals surface area contributed by atoms with Crippen molar-refractivity contribution >= 4 is 44.9 Å². The standard InChI is InChI=1S/C23H25F2N3O3S2/c1-12-13(2)32-20-18(12)21(30)28(15-8-4-5-9-15)23(27-20)33-14(3)19(29)26-16-10-6-7-11-17(16)31-22(24)25/h6-7,10-11,14-15,22H,4-5,8-9H2,1-3H3,(H,26,29). The van der Waals surface area contributed by atoms with Crippen LogP contribution in [0.25, 0.3) is 10.2 Å². The highest BCUT2D eigenvalue weighted by Crippen LogP contribution is 2.36. The van der Waals surface area contributed by atoms with Gasteiger partial charge < -0.3 is 10.1 Å². The molecule has 1 aromatic carbocycles. The Morgan fingerprint density at radius 2 is 1.97 bits per heavy atom. The van der Waals surface area contributed by atoms with Gasteiger partial charge in [-0.1, -0.05) is 36.7 Å². The summed E-state index contributed by atoms with van der Waals surface area (Å²) in [7, 11) is 0. The molecule has 0 spiro atoms. The van der Waals surface area contributed by atoms with Crippen LogP contribution in [-0.4, -0.2) is 27.3 Å². The van der Waals surface area contributed by atoms with Gasteiger partial charge in [-0.05, 0) is 51.3 Å². The Bertz CT molecular complexity index is 1240. The van der Waals surface area contributed by atoms with Gasteiger partial charge in [0.1, 0.15) is 10.6 Å². The number of fused-ring (bicyclic) bond motifs is 1. The van der Waals surface area contributed by atoms with Crippen LogP contribution in [0.4, 0.5) is 14.5 Å². The molecule has 0 bridgehead atoms. The molecular weight excluding hydrogens is 468 g/mol. The number of thiophene rings is 1. The van der Waals surface area contributed by atoms with E-state index in [0.717, 1.165) is 36.1 Å². The Morgan fingerprint density at radius 1 is 1.27 bits per heavy atom. The Morgan fingerprint density at radius 3 is 2.67 bits per heavy atom. The molecule has 10 heteroatoms. The first-order chi connectivity index (χ1) is 15.8. The minimum atomic E-state index is -3.00. The normalized spacial score (nSPS) is 15.3. The van der Waals surface area contributed by atoms with E-state index in [1.54, 1.807) is 23.6 Å². The van der Waals surface area contributed by atoms with E-state index in [4.69, 9.17) is 4.98 Å². The molecule has 1 N–H and O–H groups in total. The molecule has 0 saturated heterocycles. The molecule has 1 unspecified atom stereocenters. The van der Waals surface area contributed by atoms with Gasteiger partial charge >= 0.3 is 6.61 Å². The number of hydrogen-bond acceptors (Lipinski definition) is 6. The van der Waals surface area contributed by atoms with Crippen LogP contribution in [0.5, 0.6) is 5.75 Å². The third-order valence-corrected chi connectivity index (χ3v) is 8.07. The number of anilines is 1. The van der Waals surface area contributed by atoms with E-state index < -0.39 is 17.8 Å². The molecule has 6 nitrogen and oxygen atoms in total. The van der Waals surface area contributed by atoms with E-state index in [9.17, 15) is 18.4 Å². The number of halogens is 2. The zero-order chi connectivity index (χ0) is 23.7. The summed E-state index contributed by atoms with van der Waals surface area (Å²) in [5, 5.41) is 3.21. The van der Waals surface area contributed by atoms with E-state index in [0.29, 0.717) is 15.4 Å². The molecule has 176 valence electrons. The molecule has 1 saturated carbocycles. The molecule has 33 heavy (non-hydrogen) atoms. The van der Waals surface area contributed by atoms with Gasteiger partial charge in [0.2, 0.25) is 5.91 Å². The molecule has 2 heterocycles. The number of benzene rings is 1. The van der Waals surface area contributed by atoms with Crippen molar-refractivity contribution in [2.24, 2.45) is 0 Å². The molecule has 1 atom stereocenters. The molecule has 0 aliphatic heterocycles. The summed E-state index contributed by atoms with van der Waals surface area (Å²) in [5.41, 5.74) is 1.06. The van der Waals surface area contributed by atoms with Gasteiger partial charge in [-0.15, -0.1) is 11.3 Å². The highest BCUT2D eigenvalue weighted by Gasteiger charge is 2.27. The maximum absolute atomic E-state index is 13.5. The number of carbonyl (C=O) groups excluding carboxylic acids is 1. The lowest BCUT2D eigenvalue weighted by atomic mass is 10.2. The van der Waals surface area contributed by atoms with Crippen molar-refractivity contribution in [1.82, 2.24) is 9.55 Å². The predicted molar refractivity (Wildman–Crippen MR) is 128 cm³/mol. The smallest absolute Gasteiger partial charge is 0.387 e. The number of para-hydroxylation sites is 2. The molecule has 1 aliphatic rings. The summed E-state index contributed by atoms with van der Waals surface area (Å²) in [4.78, 5) is 32.9. The molecule has 3 aromatic rings. The van der Waals surface area contributed by atoms with Crippen LogP contribution in [0.15, 0.2) is 34.2 Å². The van der Waals surface area contributed by atoms with Gasteiger partial charge in [0, 0.05) is 10.9 Å². The van der Waals surface area contributed by atoms with Gasteiger partial charge in [-0.25, -0.2) is 4.98 Å². The second-order valence-electron chi connectivity index (χ2n) is 8.10. The van der Waals surface area contributed by atoms with Gasteiger partial charge in [0.25, 0.3) is 5.56 Å². The van der Waals surface area contributed by atoms with Gasteiger partial charge in [-0.3, -0.25) is 14.2 Å². The summed E-state index contributed by atoms with van der Waals surface area (Å²) < 4.78 is 31.6. The summed E-state index contributed by atoms with van der Waals surface area (Å²) in [6, 6.07) is 6.11. The molecule has 4 rings (SSSR count). The maximum Gasteiger partial charge on any atom is 0.387 e. The lowest BCUT2D eigenvalue weighted by Crippen LogP contribution is -2.29. The van der Waals surface area contributed by atoms with Crippen LogP contribution in [0.1, 0.15) is 49.1 Å². The van der Waals surface area contributed by atoms with Crippen molar-refractivity contribution in [3.05, 3.63) is 45.1 Å². The van der Waals surface area contributed by atoms with Crippen LogP contribution in [0.3, 0.4) is 0 Å². The second-order valence-corrected chi connectivity index (χ2v) is 10.6. The number of aromatic nitrogens is 2. The lowest BCUT2D eigenvalue weighted by Gasteiger charge is -2.20. The van der Waals surface area contributed by atoms with E-state index in [1.165, 1.54) is 35.2 Å². The van der Waals surface area contributed by atoms with Crippen molar-refractivity contribution in [2.75, 3.05) is 5.32 Å². The first kappa shape index (κ1) is 23.7. The Hall–Kier alpha value is -2.46. The monoisotopic (exact) mass is 493 g/mol. The van der Waals surface area contributed by atoms with Crippen molar-refractivity contribution in [2.45, 2.75) is 69.5 Å². The highest BCUT2D eigenvalue weighted by atomic mass is 32.2. The maximum atomic E-state index is 13.5. The number of ether oxygens (including phenoxy) is 1. The quantitative estimate of drug-likeness (QED) is 0.327. The zero-order valence-electron chi connectivity index (χ0n) is 18.6. The number of hydrogen-bond donors (Lipinski definition) is 1. The molecule has 1 amide bonds. The number of thioether (sulfide) groups is 1. The van der Waals surface area contributed by atoms with Crippen LogP contribution < -0.4 is 15.6 Å². The number of rotatable bonds is 7. The van der Waals surface area contributed by atoms with Crippen LogP contribution in [-0.2, 0) is 4.79 Å². The summed E-state index contributed by atoms with van der Waals surface area (Å²) in [5.74, 6) is -0.499. The first-order valence-corrected chi connectivity index (χ1v) is 12.5. The van der Waals surface area contributed by atoms with Crippen LogP contribution >= 0.6 is 23.1 Å². The number of amides is 1. The first-order valence-electron chi connectivity index (χ1n) is 10.8. The summed E-state index contributed by atoms with van der Waals surface area (Å²) in [6.45, 7) is 2.63. The van der Waals surface area contributed by atoms with E-state index in [1.807, 2.05) is 13.8 Å². The van der Waals surface area contributed by atoms with Gasteiger partial charge in [0.05, 0.1) is 16.3 Å². The molecular formula is C23H25F2N3O3S2. The molecule has 2 aromatic heterocycles. The lowest BCUT2D eigenvalue weighted by molar-refractivity contribution is -0.115. The molecule has 1 fully saturated rings. The minimum Gasteiger partial charge on any atom is -0.433 e. The Labute approximate surface area is 198 Å². The topological polar surface area (TPSA) is 73.2 Å². The second kappa shape index (κ2) is 9.80. The molecule has 0 radical (unpaired) electrons. The van der Waals surface area contributed by atoms with Crippen LogP contribution in [0.2, 0.25) is 0 Å². The third-order valence-electron chi connectivity index (χ3n) is 5.90. The number of carbonyl (C=O) groups is 1. The number of nitrogens with zero attached hydrogens (tertiary/aromatic N) is 2. The average molecular weight is 494 g/mol. The molecule has 1 aliphatic carbocycles. The predicted octanol–water partition coefficient (Wildman–Crippen LogP) is 5.91. The van der Waals surface area contributed by atoms with Gasteiger partial charge in [0.15, 0.2) is 5.16 Å². The largest absolute Gasteiger partial charge is 0.433 e. The average Bonchev–Trinajstić information content (AvgIpc) is 3.37. The van der Waals surface area contributed by atoms with Crippen molar-refractivity contribution in [3.63, 3.8) is 0 Å². The summed E-state index contributed by atoms with van der Waals surface area (Å²) >= 11 is 2.68. The van der Waals surface area contributed by atoms with E-state index in [-0.39, 0.29) is 23.0 Å². The number of alkyl halides is 2. The van der Waals surface area contributed by atoms with Crippen molar-refractivity contribution in [3.8, 4) is 5.75 Å². The number of nitrogens with one attached hydrogen (secondary N) is 1. The van der Waals surface area contributed by atoms with E-state index in [2.05, 4.69) is 10.1 Å². The fourth-order valence-corrected chi connectivity index (χ4v) is 6.12. The highest BCUT2D eigenvalue weighted by molar-refractivity contribution is 8.00. The van der Waals surface area contributed by atoms with Crippen molar-refractivity contribution in [1.29, 1.82) is 0 Å².